The van der Waals surface area contributed by atoms with Gasteiger partial charge in [0.25, 0.3) is 5.89 Å². The molecule has 0 fully saturated rings. The summed E-state index contributed by atoms with van der Waals surface area (Å²) < 4.78 is 10.6. The number of hydrogen-bond acceptors (Lipinski definition) is 6. The largest absolute Gasteiger partial charge is 0.484 e. The molecule has 2 N–H and O–H groups in total. The number of carbonyl (C=O) groups is 1. The Bertz CT molecular complexity index is 735. The fraction of sp³-hybridized carbons (Fsp3) is 0.0714. The van der Waals surface area contributed by atoms with Gasteiger partial charge in [0.15, 0.2) is 6.61 Å². The second-order valence-electron chi connectivity index (χ2n) is 4.20. The zero-order valence-corrected chi connectivity index (χ0v) is 11.7. The van der Waals surface area contributed by atoms with E-state index in [4.69, 9.17) is 15.0 Å². The molecule has 3 aromatic rings. The van der Waals surface area contributed by atoms with E-state index in [1.807, 2.05) is 16.8 Å². The molecule has 1 aromatic carbocycles. The number of rotatable bonds is 5. The third-order valence-electron chi connectivity index (χ3n) is 2.75. The van der Waals surface area contributed by atoms with Gasteiger partial charge in [-0.1, -0.05) is 5.16 Å². The molecule has 0 saturated heterocycles. The number of ether oxygens (including phenoxy) is 1. The smallest absolute Gasteiger partial charge is 0.264 e. The van der Waals surface area contributed by atoms with Gasteiger partial charge in [-0.3, -0.25) is 4.79 Å². The van der Waals surface area contributed by atoms with E-state index in [0.717, 1.165) is 5.56 Å². The molecule has 0 aliphatic heterocycles. The number of amides is 1. The molecule has 2 aromatic heterocycles. The van der Waals surface area contributed by atoms with Crippen LogP contribution >= 0.6 is 11.3 Å². The highest BCUT2D eigenvalue weighted by atomic mass is 32.1. The lowest BCUT2D eigenvalue weighted by Gasteiger charge is -2.03. The van der Waals surface area contributed by atoms with E-state index in [-0.39, 0.29) is 6.61 Å². The van der Waals surface area contributed by atoms with Gasteiger partial charge >= 0.3 is 0 Å². The van der Waals surface area contributed by atoms with Gasteiger partial charge in [0.2, 0.25) is 11.7 Å². The summed E-state index contributed by atoms with van der Waals surface area (Å²) in [4.78, 5) is 15.2. The van der Waals surface area contributed by atoms with Crippen LogP contribution in [0, 0.1) is 0 Å². The zero-order chi connectivity index (χ0) is 14.7. The van der Waals surface area contributed by atoms with Gasteiger partial charge in [0.1, 0.15) is 5.75 Å². The first-order valence-corrected chi connectivity index (χ1v) is 7.04. The van der Waals surface area contributed by atoms with Crippen LogP contribution in [0.4, 0.5) is 0 Å². The van der Waals surface area contributed by atoms with Crippen LogP contribution in [0.1, 0.15) is 16.2 Å². The summed E-state index contributed by atoms with van der Waals surface area (Å²) in [5.74, 6) is 1.04. The molecule has 3 rings (SSSR count). The number of aromatic nitrogens is 2. The third-order valence-corrected chi connectivity index (χ3v) is 3.43. The van der Waals surface area contributed by atoms with Crippen molar-refractivity contribution in [3.8, 4) is 17.1 Å². The molecule has 21 heavy (non-hydrogen) atoms. The first-order valence-electron chi connectivity index (χ1n) is 6.10. The summed E-state index contributed by atoms with van der Waals surface area (Å²) in [5, 5.41) is 7.78. The number of primary amides is 1. The summed E-state index contributed by atoms with van der Waals surface area (Å²) in [5.41, 5.74) is 6.51. The van der Waals surface area contributed by atoms with Crippen LogP contribution in [0.15, 0.2) is 45.6 Å². The van der Waals surface area contributed by atoms with Crippen LogP contribution in [-0.4, -0.2) is 16.0 Å². The number of nitrogens with two attached hydrogens (primary N) is 1. The van der Waals surface area contributed by atoms with E-state index in [9.17, 15) is 4.79 Å². The molecule has 0 atom stereocenters. The van der Waals surface area contributed by atoms with Gasteiger partial charge in [-0.25, -0.2) is 0 Å². The Balaban J connectivity index is 1.64. The molecule has 0 spiro atoms. The van der Waals surface area contributed by atoms with E-state index in [0.29, 0.717) is 23.0 Å². The van der Waals surface area contributed by atoms with Gasteiger partial charge in [0, 0.05) is 16.5 Å². The fourth-order valence-electron chi connectivity index (χ4n) is 1.68. The monoisotopic (exact) mass is 301 g/mol. The molecule has 106 valence electrons. The summed E-state index contributed by atoms with van der Waals surface area (Å²) in [6, 6.07) is 8.44. The van der Waals surface area contributed by atoms with Gasteiger partial charge in [-0.15, -0.1) is 0 Å². The van der Waals surface area contributed by atoms with Crippen LogP contribution in [0.25, 0.3) is 11.4 Å². The summed E-state index contributed by atoms with van der Waals surface area (Å²) in [6.45, 7) is 0.160. The van der Waals surface area contributed by atoms with Crippen molar-refractivity contribution in [2.24, 2.45) is 5.73 Å². The average molecular weight is 301 g/mol. The Morgan fingerprint density at radius 3 is 2.76 bits per heavy atom. The average Bonchev–Trinajstić information content (AvgIpc) is 3.16. The predicted octanol–water partition coefficient (Wildman–Crippen LogP) is 2.48. The maximum atomic E-state index is 11.0. The molecular formula is C14H11N3O3S. The van der Waals surface area contributed by atoms with Crippen molar-refractivity contribution in [3.63, 3.8) is 0 Å². The molecule has 0 saturated carbocycles. The molecule has 2 heterocycles. The van der Waals surface area contributed by atoms with Crippen molar-refractivity contribution >= 4 is 17.2 Å². The van der Waals surface area contributed by atoms with Gasteiger partial charge in [0.05, 0.1) is 0 Å². The normalized spacial score (nSPS) is 10.5. The van der Waals surface area contributed by atoms with Crippen LogP contribution in [0.3, 0.4) is 0 Å². The van der Waals surface area contributed by atoms with Crippen molar-refractivity contribution in [3.05, 3.63) is 52.5 Å². The second kappa shape index (κ2) is 5.76. The van der Waals surface area contributed by atoms with E-state index >= 15 is 0 Å². The lowest BCUT2D eigenvalue weighted by molar-refractivity contribution is 0.1000. The van der Waals surface area contributed by atoms with Crippen LogP contribution in [-0.2, 0) is 6.61 Å². The first-order chi connectivity index (χ1) is 10.2. The summed E-state index contributed by atoms with van der Waals surface area (Å²) >= 11 is 1.57. The highest BCUT2D eigenvalue weighted by molar-refractivity contribution is 7.08. The Labute approximate surface area is 124 Å². The van der Waals surface area contributed by atoms with Crippen molar-refractivity contribution < 1.29 is 14.1 Å². The Kier molecular flexibility index (Phi) is 3.65. The van der Waals surface area contributed by atoms with E-state index in [2.05, 4.69) is 10.1 Å². The summed E-state index contributed by atoms with van der Waals surface area (Å²) in [7, 11) is 0. The molecule has 0 unspecified atom stereocenters. The highest BCUT2D eigenvalue weighted by Crippen LogP contribution is 2.19. The van der Waals surface area contributed by atoms with Crippen molar-refractivity contribution in [1.29, 1.82) is 0 Å². The van der Waals surface area contributed by atoms with Crippen molar-refractivity contribution in [2.75, 3.05) is 0 Å². The lowest BCUT2D eigenvalue weighted by atomic mass is 10.2. The van der Waals surface area contributed by atoms with E-state index in [1.54, 1.807) is 35.6 Å². The standard InChI is InChI=1S/C14H11N3O3S/c15-13(18)9-1-3-11(4-2-9)19-7-12-16-14(17-20-12)10-5-6-21-8-10/h1-6,8H,7H2,(H2,15,18). The minimum Gasteiger partial charge on any atom is -0.484 e. The van der Waals surface area contributed by atoms with Crippen LogP contribution in [0.2, 0.25) is 0 Å². The Morgan fingerprint density at radius 2 is 2.10 bits per heavy atom. The van der Waals surface area contributed by atoms with Crippen molar-refractivity contribution in [2.45, 2.75) is 6.61 Å². The molecule has 0 bridgehead atoms. The topological polar surface area (TPSA) is 91.2 Å². The van der Waals surface area contributed by atoms with Crippen molar-refractivity contribution in [1.82, 2.24) is 10.1 Å². The lowest BCUT2D eigenvalue weighted by Crippen LogP contribution is -2.10. The number of benzene rings is 1. The Hall–Kier alpha value is -2.67. The minimum atomic E-state index is -0.473. The van der Waals surface area contributed by atoms with E-state index < -0.39 is 5.91 Å². The molecule has 1 amide bonds. The predicted molar refractivity (Wildman–Crippen MR) is 76.9 cm³/mol. The number of nitrogens with zero attached hydrogens (tertiary/aromatic N) is 2. The molecule has 6 nitrogen and oxygen atoms in total. The number of thiophene rings is 1. The summed E-state index contributed by atoms with van der Waals surface area (Å²) in [6.07, 6.45) is 0. The molecule has 0 aliphatic rings. The molecular weight excluding hydrogens is 290 g/mol. The van der Waals surface area contributed by atoms with E-state index in [1.165, 1.54) is 0 Å². The first kappa shape index (κ1) is 13.3. The van der Waals surface area contributed by atoms with Crippen LogP contribution < -0.4 is 10.5 Å². The maximum Gasteiger partial charge on any atom is 0.264 e. The number of hydrogen-bond donors (Lipinski definition) is 1. The quantitative estimate of drug-likeness (QED) is 0.781. The fourth-order valence-corrected chi connectivity index (χ4v) is 2.32. The van der Waals surface area contributed by atoms with Gasteiger partial charge in [-0.2, -0.15) is 16.3 Å². The zero-order valence-electron chi connectivity index (χ0n) is 10.9. The third kappa shape index (κ3) is 3.09. The van der Waals surface area contributed by atoms with Gasteiger partial charge in [-0.05, 0) is 35.7 Å². The maximum absolute atomic E-state index is 11.0. The molecule has 0 aliphatic carbocycles. The SMILES string of the molecule is NC(=O)c1ccc(OCc2nc(-c3ccsc3)no2)cc1. The van der Waals surface area contributed by atoms with Gasteiger partial charge < -0.3 is 15.0 Å². The number of carbonyl (C=O) groups excluding carboxylic acids is 1. The van der Waals surface area contributed by atoms with Crippen LogP contribution in [0.5, 0.6) is 5.75 Å². The molecule has 0 radical (unpaired) electrons. The Morgan fingerprint density at radius 1 is 1.29 bits per heavy atom. The highest BCUT2D eigenvalue weighted by Gasteiger charge is 2.09. The minimum absolute atomic E-state index is 0.160. The second-order valence-corrected chi connectivity index (χ2v) is 4.98. The molecule has 7 heteroatoms.